The van der Waals surface area contributed by atoms with Crippen LogP contribution in [-0.2, 0) is 9.84 Å². The highest BCUT2D eigenvalue weighted by Crippen LogP contribution is 2.37. The average molecular weight is 340 g/mol. The lowest BCUT2D eigenvalue weighted by atomic mass is 10.4. The van der Waals surface area contributed by atoms with E-state index in [0.29, 0.717) is 0 Å². The normalized spacial score (nSPS) is 13.5. The summed E-state index contributed by atoms with van der Waals surface area (Å²) in [6.07, 6.45) is 4.47. The number of rotatable bonds is 3. The van der Waals surface area contributed by atoms with Crippen molar-refractivity contribution in [2.75, 3.05) is 0 Å². The van der Waals surface area contributed by atoms with E-state index in [1.807, 2.05) is 0 Å². The lowest BCUT2D eigenvalue weighted by Gasteiger charge is -2.16. The van der Waals surface area contributed by atoms with Gasteiger partial charge in [-0.15, -0.1) is 0 Å². The molecule has 102 valence electrons. The molecule has 0 saturated carbocycles. The molecule has 1 aromatic carbocycles. The van der Waals surface area contributed by atoms with Crippen LogP contribution in [0.25, 0.3) is 0 Å². The van der Waals surface area contributed by atoms with Gasteiger partial charge < -0.3 is 4.57 Å². The van der Waals surface area contributed by atoms with Crippen molar-refractivity contribution in [1.82, 2.24) is 9.55 Å². The monoisotopic (exact) mass is 338 g/mol. The maximum Gasteiger partial charge on any atom is 0.202 e. The molecule has 0 aliphatic heterocycles. The minimum atomic E-state index is -3.74. The fourth-order valence-electron chi connectivity index (χ4n) is 1.62. The van der Waals surface area contributed by atoms with Crippen LogP contribution in [0.1, 0.15) is 12.3 Å². The molecule has 4 nitrogen and oxygen atoms in total. The van der Waals surface area contributed by atoms with Gasteiger partial charge in [0.1, 0.15) is 10.3 Å². The van der Waals surface area contributed by atoms with Crippen molar-refractivity contribution in [3.8, 4) is 0 Å². The van der Waals surface area contributed by atoms with Crippen molar-refractivity contribution in [3.63, 3.8) is 0 Å². The smallest absolute Gasteiger partial charge is 0.202 e. The summed E-state index contributed by atoms with van der Waals surface area (Å²) in [6, 6.07) is 2.70. The molecule has 0 N–H and O–H groups in total. The number of sulfone groups is 1. The molecule has 2 rings (SSSR count). The van der Waals surface area contributed by atoms with Crippen molar-refractivity contribution in [2.45, 2.75) is 17.2 Å². The number of halogens is 3. The van der Waals surface area contributed by atoms with Crippen molar-refractivity contribution >= 4 is 44.6 Å². The summed E-state index contributed by atoms with van der Waals surface area (Å²) in [6.45, 7) is 1.53. The van der Waals surface area contributed by atoms with Gasteiger partial charge in [-0.2, -0.15) is 0 Å². The van der Waals surface area contributed by atoms with Gasteiger partial charge in [-0.05, 0) is 19.1 Å². The highest BCUT2D eigenvalue weighted by molar-refractivity contribution is 7.91. The molecule has 1 heterocycles. The van der Waals surface area contributed by atoms with E-state index in [1.165, 1.54) is 36.1 Å². The van der Waals surface area contributed by atoms with Crippen molar-refractivity contribution < 1.29 is 8.42 Å². The predicted octanol–water partition coefficient (Wildman–Crippen LogP) is 3.84. The van der Waals surface area contributed by atoms with E-state index in [9.17, 15) is 8.42 Å². The van der Waals surface area contributed by atoms with Crippen LogP contribution in [0, 0.1) is 0 Å². The van der Waals surface area contributed by atoms with Gasteiger partial charge in [0, 0.05) is 17.4 Å². The van der Waals surface area contributed by atoms with Crippen molar-refractivity contribution in [3.05, 3.63) is 45.9 Å². The van der Waals surface area contributed by atoms with Gasteiger partial charge in [-0.1, -0.05) is 34.8 Å². The standard InChI is InChI=1S/C11H9Cl3N2O2S/c1-7(16-3-2-15-6-16)19(17,18)11-9(13)4-8(12)5-10(11)14/h2-7H,1H3. The van der Waals surface area contributed by atoms with Crippen LogP contribution in [-0.4, -0.2) is 18.0 Å². The largest absolute Gasteiger partial charge is 0.320 e. The fourth-order valence-corrected chi connectivity index (χ4v) is 4.53. The Morgan fingerprint density at radius 1 is 1.21 bits per heavy atom. The quantitative estimate of drug-likeness (QED) is 0.854. The van der Waals surface area contributed by atoms with Crippen LogP contribution >= 0.6 is 34.8 Å². The highest BCUT2D eigenvalue weighted by atomic mass is 35.5. The SMILES string of the molecule is CC(n1ccnc1)S(=O)(=O)c1c(Cl)cc(Cl)cc1Cl. The van der Waals surface area contributed by atoms with Crippen LogP contribution in [0.5, 0.6) is 0 Å². The summed E-state index contributed by atoms with van der Waals surface area (Å²) < 4.78 is 26.5. The Labute approximate surface area is 125 Å². The van der Waals surface area contributed by atoms with E-state index in [1.54, 1.807) is 6.20 Å². The van der Waals surface area contributed by atoms with Gasteiger partial charge in [0.15, 0.2) is 0 Å². The van der Waals surface area contributed by atoms with E-state index < -0.39 is 15.2 Å². The zero-order valence-electron chi connectivity index (χ0n) is 9.72. The number of aromatic nitrogens is 2. The summed E-state index contributed by atoms with van der Waals surface area (Å²) in [5, 5.41) is -0.579. The molecule has 19 heavy (non-hydrogen) atoms. The van der Waals surface area contributed by atoms with Gasteiger partial charge in [0.25, 0.3) is 0 Å². The summed E-state index contributed by atoms with van der Waals surface area (Å²) in [4.78, 5) is 3.70. The molecule has 0 radical (unpaired) electrons. The first kappa shape index (κ1) is 14.7. The van der Waals surface area contributed by atoms with E-state index in [4.69, 9.17) is 34.8 Å². The van der Waals surface area contributed by atoms with Gasteiger partial charge in [-0.3, -0.25) is 0 Å². The van der Waals surface area contributed by atoms with Gasteiger partial charge in [0.05, 0.1) is 16.4 Å². The zero-order valence-corrected chi connectivity index (χ0v) is 12.8. The maximum absolute atomic E-state index is 12.5. The molecular formula is C11H9Cl3N2O2S. The van der Waals surface area contributed by atoms with E-state index in [0.717, 1.165) is 0 Å². The van der Waals surface area contributed by atoms with Gasteiger partial charge in [-0.25, -0.2) is 13.4 Å². The molecule has 0 aliphatic rings. The third kappa shape index (κ3) is 2.74. The Bertz CT molecular complexity index is 676. The third-order valence-corrected chi connectivity index (χ3v) is 5.83. The second-order valence-corrected chi connectivity index (χ2v) is 7.28. The van der Waals surface area contributed by atoms with Gasteiger partial charge in [0.2, 0.25) is 9.84 Å². The molecule has 1 unspecified atom stereocenters. The predicted molar refractivity (Wildman–Crippen MR) is 75.6 cm³/mol. The highest BCUT2D eigenvalue weighted by Gasteiger charge is 2.29. The molecule has 0 spiro atoms. The zero-order chi connectivity index (χ0) is 14.2. The van der Waals surface area contributed by atoms with Crippen LogP contribution in [0.4, 0.5) is 0 Å². The van der Waals surface area contributed by atoms with Crippen LogP contribution < -0.4 is 0 Å². The second-order valence-electron chi connectivity index (χ2n) is 3.85. The Morgan fingerprint density at radius 2 is 1.79 bits per heavy atom. The first-order valence-electron chi connectivity index (χ1n) is 5.20. The average Bonchev–Trinajstić information content (AvgIpc) is 2.78. The number of benzene rings is 1. The molecular weight excluding hydrogens is 331 g/mol. The molecule has 8 heteroatoms. The summed E-state index contributed by atoms with van der Waals surface area (Å²) in [7, 11) is -3.74. The summed E-state index contributed by atoms with van der Waals surface area (Å²) in [5.74, 6) is 0. The van der Waals surface area contributed by atoms with Gasteiger partial charge >= 0.3 is 0 Å². The molecule has 2 aromatic rings. The lowest BCUT2D eigenvalue weighted by Crippen LogP contribution is -2.17. The molecule has 1 atom stereocenters. The molecule has 0 saturated heterocycles. The minimum Gasteiger partial charge on any atom is -0.320 e. The van der Waals surface area contributed by atoms with E-state index in [-0.39, 0.29) is 20.0 Å². The van der Waals surface area contributed by atoms with Crippen LogP contribution in [0.15, 0.2) is 35.7 Å². The first-order chi connectivity index (χ1) is 8.84. The Balaban J connectivity index is 2.58. The van der Waals surface area contributed by atoms with E-state index >= 15 is 0 Å². The molecule has 0 bridgehead atoms. The number of hydrogen-bond acceptors (Lipinski definition) is 3. The van der Waals surface area contributed by atoms with Crippen LogP contribution in [0.2, 0.25) is 15.1 Å². The fraction of sp³-hybridized carbons (Fsp3) is 0.182. The number of imidazole rings is 1. The number of hydrogen-bond donors (Lipinski definition) is 0. The Kier molecular flexibility index (Phi) is 4.11. The number of nitrogens with zero attached hydrogens (tertiary/aromatic N) is 2. The molecule has 0 amide bonds. The van der Waals surface area contributed by atoms with E-state index in [2.05, 4.69) is 4.98 Å². The second kappa shape index (κ2) is 5.32. The summed E-state index contributed by atoms with van der Waals surface area (Å²) in [5.41, 5.74) is 0. The maximum atomic E-state index is 12.5. The lowest BCUT2D eigenvalue weighted by molar-refractivity contribution is 0.559. The molecule has 1 aromatic heterocycles. The Morgan fingerprint density at radius 3 is 2.26 bits per heavy atom. The van der Waals surface area contributed by atoms with Crippen LogP contribution in [0.3, 0.4) is 0 Å². The minimum absolute atomic E-state index is 0.00413. The third-order valence-electron chi connectivity index (χ3n) is 2.64. The molecule has 0 aliphatic carbocycles. The van der Waals surface area contributed by atoms with Crippen molar-refractivity contribution in [2.24, 2.45) is 0 Å². The summed E-state index contributed by atoms with van der Waals surface area (Å²) >= 11 is 17.7. The molecule has 0 fully saturated rings. The Hall–Kier alpha value is -0.750. The van der Waals surface area contributed by atoms with Crippen molar-refractivity contribution in [1.29, 1.82) is 0 Å². The first-order valence-corrected chi connectivity index (χ1v) is 7.88. The topological polar surface area (TPSA) is 52.0 Å².